The lowest BCUT2D eigenvalue weighted by atomic mass is 9.92. The van der Waals surface area contributed by atoms with Crippen molar-refractivity contribution in [2.45, 2.75) is 38.0 Å². The predicted octanol–water partition coefficient (Wildman–Crippen LogP) is 3.33. The lowest BCUT2D eigenvalue weighted by Gasteiger charge is -2.39. The quantitative estimate of drug-likeness (QED) is 0.533. The Morgan fingerprint density at radius 1 is 1.11 bits per heavy atom. The van der Waals surface area contributed by atoms with Crippen molar-refractivity contribution in [3.8, 4) is 5.88 Å². The van der Waals surface area contributed by atoms with Gasteiger partial charge in [0.15, 0.2) is 23.3 Å². The number of halogens is 3. The summed E-state index contributed by atoms with van der Waals surface area (Å²) >= 11 is 0. The maximum atomic E-state index is 14.6. The maximum absolute atomic E-state index is 14.6. The predicted molar refractivity (Wildman–Crippen MR) is 123 cm³/mol. The van der Waals surface area contributed by atoms with E-state index >= 15 is 0 Å². The van der Waals surface area contributed by atoms with Gasteiger partial charge < -0.3 is 19.7 Å². The van der Waals surface area contributed by atoms with Crippen LogP contribution in [0.3, 0.4) is 0 Å². The summed E-state index contributed by atoms with van der Waals surface area (Å²) in [5.41, 5.74) is 0.892. The van der Waals surface area contributed by atoms with Crippen LogP contribution in [0.1, 0.15) is 36.8 Å². The Labute approximate surface area is 205 Å². The normalized spacial score (nSPS) is 25.4. The number of nitrogens with one attached hydrogen (secondary N) is 1. The molecule has 2 unspecified atom stereocenters. The van der Waals surface area contributed by atoms with E-state index in [9.17, 15) is 13.2 Å². The number of piperidine rings is 1. The van der Waals surface area contributed by atoms with Crippen LogP contribution >= 0.6 is 0 Å². The zero-order chi connectivity index (χ0) is 24.8. The zero-order valence-corrected chi connectivity index (χ0v) is 19.7. The van der Waals surface area contributed by atoms with E-state index in [-0.39, 0.29) is 11.6 Å². The second-order valence-electron chi connectivity index (χ2n) is 9.51. The first-order valence-corrected chi connectivity index (χ1v) is 12.1. The number of hydrogen-bond donors (Lipinski definition) is 1. The van der Waals surface area contributed by atoms with E-state index in [0.29, 0.717) is 49.1 Å². The van der Waals surface area contributed by atoms with Crippen molar-refractivity contribution in [2.24, 2.45) is 11.8 Å². The van der Waals surface area contributed by atoms with E-state index in [4.69, 9.17) is 9.47 Å². The van der Waals surface area contributed by atoms with Crippen LogP contribution in [-0.4, -0.2) is 57.8 Å². The van der Waals surface area contributed by atoms with Crippen LogP contribution in [-0.2, 0) is 11.3 Å². The van der Waals surface area contributed by atoms with Gasteiger partial charge >= 0.3 is 0 Å². The van der Waals surface area contributed by atoms with Gasteiger partial charge in [0, 0.05) is 43.9 Å². The molecule has 3 aromatic rings. The lowest BCUT2D eigenvalue weighted by Crippen LogP contribution is -2.48. The minimum Gasteiger partial charge on any atom is -0.480 e. The van der Waals surface area contributed by atoms with Crippen LogP contribution in [0.25, 0.3) is 0 Å². The Bertz CT molecular complexity index is 1260. The summed E-state index contributed by atoms with van der Waals surface area (Å²) in [7, 11) is 1.57. The minimum atomic E-state index is -1.52. The summed E-state index contributed by atoms with van der Waals surface area (Å²) in [6.07, 6.45) is 3.58. The molecule has 1 aromatic carbocycles. The molecule has 9 nitrogen and oxygen atoms in total. The molecule has 2 fully saturated rings. The highest BCUT2D eigenvalue weighted by molar-refractivity contribution is 5.48. The molecule has 4 heterocycles. The van der Waals surface area contributed by atoms with E-state index < -0.39 is 23.6 Å². The Kier molecular flexibility index (Phi) is 5.90. The van der Waals surface area contributed by atoms with Crippen LogP contribution in [0.4, 0.5) is 24.8 Å². The number of anilines is 2. The zero-order valence-electron chi connectivity index (χ0n) is 19.7. The van der Waals surface area contributed by atoms with Crippen LogP contribution in [0, 0.1) is 29.3 Å². The summed E-state index contributed by atoms with van der Waals surface area (Å²) < 4.78 is 54.8. The highest BCUT2D eigenvalue weighted by atomic mass is 19.2. The number of hydrogen-bond acceptors (Lipinski definition) is 8. The van der Waals surface area contributed by atoms with Crippen molar-refractivity contribution < 1.29 is 22.6 Å². The summed E-state index contributed by atoms with van der Waals surface area (Å²) in [6.45, 7) is 2.56. The third-order valence-corrected chi connectivity index (χ3v) is 7.40. The molecule has 0 amide bonds. The number of fused-ring (bicyclic) bond motifs is 3. The highest BCUT2D eigenvalue weighted by Gasteiger charge is 2.43. The molecule has 36 heavy (non-hydrogen) atoms. The molecule has 3 aliphatic rings. The van der Waals surface area contributed by atoms with Gasteiger partial charge in [-0.15, -0.1) is 10.2 Å². The van der Waals surface area contributed by atoms with Crippen molar-refractivity contribution in [3.05, 3.63) is 53.2 Å². The number of aryl methyl sites for hydroxylation is 1. The number of methoxy groups -OCH3 is 1. The van der Waals surface area contributed by atoms with Gasteiger partial charge in [0.2, 0.25) is 11.8 Å². The summed E-state index contributed by atoms with van der Waals surface area (Å²) in [4.78, 5) is 6.95. The molecular weight excluding hydrogens is 475 g/mol. The van der Waals surface area contributed by atoms with Crippen LogP contribution in [0.5, 0.6) is 5.88 Å². The highest BCUT2D eigenvalue weighted by Crippen LogP contribution is 2.40. The van der Waals surface area contributed by atoms with Crippen LogP contribution in [0.2, 0.25) is 0 Å². The van der Waals surface area contributed by atoms with E-state index in [1.807, 2.05) is 6.07 Å². The van der Waals surface area contributed by atoms with Crippen molar-refractivity contribution in [2.75, 3.05) is 37.0 Å². The molecule has 190 valence electrons. The SMILES string of the molecule is COc1cc(N2C[C@H]3CC[C@@H](C2)C3Nc2nc3n(n2)CCCOC3c2ccc(F)c(F)c2F)cnn1. The number of nitrogens with zero attached hydrogens (tertiary/aromatic N) is 6. The van der Waals surface area contributed by atoms with Gasteiger partial charge in [-0.3, -0.25) is 0 Å². The monoisotopic (exact) mass is 501 g/mol. The van der Waals surface area contributed by atoms with Gasteiger partial charge in [0.05, 0.1) is 19.0 Å². The fraction of sp³-hybridized carbons (Fsp3) is 0.500. The number of ether oxygens (including phenoxy) is 2. The van der Waals surface area contributed by atoms with E-state index in [1.165, 1.54) is 6.07 Å². The third kappa shape index (κ3) is 4.02. The van der Waals surface area contributed by atoms with Gasteiger partial charge in [-0.1, -0.05) is 0 Å². The van der Waals surface area contributed by atoms with E-state index in [0.717, 1.165) is 37.7 Å². The molecule has 1 N–H and O–H groups in total. The van der Waals surface area contributed by atoms with Crippen molar-refractivity contribution in [3.63, 3.8) is 0 Å². The maximum Gasteiger partial charge on any atom is 0.242 e. The molecule has 1 saturated carbocycles. The standard InChI is InChI=1S/C24H26F3N7O2/c1-35-18-9-15(10-28-31-18)33-11-13-3-4-14(12-33)21(13)29-24-30-23-22(36-8-2-7-34(23)32-24)16-5-6-17(25)20(27)19(16)26/h5-6,9-10,13-14,21-22H,2-4,7-8,11-12H2,1H3,(H,29,32)/t13-,14+,21?,22?. The fourth-order valence-corrected chi connectivity index (χ4v) is 5.66. The van der Waals surface area contributed by atoms with Gasteiger partial charge in [0.1, 0.15) is 6.10 Å². The first-order chi connectivity index (χ1) is 17.5. The largest absolute Gasteiger partial charge is 0.480 e. The first-order valence-electron chi connectivity index (χ1n) is 12.1. The Morgan fingerprint density at radius 2 is 1.92 bits per heavy atom. The molecule has 0 spiro atoms. The van der Waals surface area contributed by atoms with Gasteiger partial charge in [-0.2, -0.15) is 10.1 Å². The van der Waals surface area contributed by atoms with Gasteiger partial charge in [-0.05, 0) is 43.2 Å². The summed E-state index contributed by atoms with van der Waals surface area (Å²) in [6, 6.07) is 4.19. The molecule has 1 saturated heterocycles. The molecule has 2 aliphatic heterocycles. The molecule has 6 rings (SSSR count). The van der Waals surface area contributed by atoms with Gasteiger partial charge in [-0.25, -0.2) is 17.9 Å². The minimum absolute atomic E-state index is 0.0919. The third-order valence-electron chi connectivity index (χ3n) is 7.40. The Hall–Kier alpha value is -3.41. The molecule has 2 bridgehead atoms. The van der Waals surface area contributed by atoms with Crippen LogP contribution in [0.15, 0.2) is 24.4 Å². The van der Waals surface area contributed by atoms with Crippen molar-refractivity contribution in [1.82, 2.24) is 25.0 Å². The Morgan fingerprint density at radius 3 is 2.69 bits per heavy atom. The van der Waals surface area contributed by atoms with Crippen LogP contribution < -0.4 is 15.0 Å². The molecule has 2 aromatic heterocycles. The summed E-state index contributed by atoms with van der Waals surface area (Å²) in [5, 5.41) is 16.1. The number of aromatic nitrogens is 5. The average molecular weight is 502 g/mol. The topological polar surface area (TPSA) is 90.2 Å². The molecule has 4 atom stereocenters. The average Bonchev–Trinajstić information content (AvgIpc) is 3.30. The van der Waals surface area contributed by atoms with E-state index in [2.05, 4.69) is 30.5 Å². The fourth-order valence-electron chi connectivity index (χ4n) is 5.66. The second-order valence-corrected chi connectivity index (χ2v) is 9.51. The summed E-state index contributed by atoms with van der Waals surface area (Å²) in [5.74, 6) is -1.97. The Balaban J connectivity index is 1.23. The molecule has 12 heteroatoms. The van der Waals surface area contributed by atoms with Gasteiger partial charge in [0.25, 0.3) is 0 Å². The second kappa shape index (κ2) is 9.23. The molecule has 0 radical (unpaired) electrons. The molecule has 1 aliphatic carbocycles. The smallest absolute Gasteiger partial charge is 0.242 e. The molecular formula is C24H26F3N7O2. The van der Waals surface area contributed by atoms with E-state index in [1.54, 1.807) is 18.0 Å². The number of rotatable bonds is 5. The first kappa shape index (κ1) is 23.0. The van der Waals surface area contributed by atoms with Crippen molar-refractivity contribution >= 4 is 11.6 Å². The lowest BCUT2D eigenvalue weighted by molar-refractivity contribution is 0.0780. The number of benzene rings is 1. The van der Waals surface area contributed by atoms with Crippen molar-refractivity contribution in [1.29, 1.82) is 0 Å².